The highest BCUT2D eigenvalue weighted by molar-refractivity contribution is 7.99. The molecule has 4 rings (SSSR count). The van der Waals surface area contributed by atoms with Crippen molar-refractivity contribution in [2.75, 3.05) is 11.9 Å². The van der Waals surface area contributed by atoms with Crippen molar-refractivity contribution in [3.8, 4) is 6.07 Å². The number of nitrogens with one attached hydrogen (secondary N) is 1. The Hall–Kier alpha value is -3.60. The standard InChI is InChI=1S/C26H24N4O2S/c27-16-19-8-1-3-12-23(19)33-24-13-4-2-10-21(24)26(32)29-20-9-5-7-18(15-20)17-30-14-6-11-22(30)25(28)31/h1-5,7-10,12-13,15,22H,6,11,14,17H2,(H2,28,31)(H,29,32). The summed E-state index contributed by atoms with van der Waals surface area (Å²) in [4.78, 5) is 28.5. The third-order valence-electron chi connectivity index (χ3n) is 5.62. The molecule has 1 saturated heterocycles. The maximum atomic E-state index is 13.1. The van der Waals surface area contributed by atoms with E-state index in [0.29, 0.717) is 23.4 Å². The van der Waals surface area contributed by atoms with Gasteiger partial charge in [-0.05, 0) is 61.3 Å². The van der Waals surface area contributed by atoms with E-state index >= 15 is 0 Å². The number of primary amides is 1. The van der Waals surface area contributed by atoms with Crippen molar-refractivity contribution in [1.82, 2.24) is 4.90 Å². The lowest BCUT2D eigenvalue weighted by Gasteiger charge is -2.22. The first kappa shape index (κ1) is 22.6. The van der Waals surface area contributed by atoms with Crippen LogP contribution in [0.5, 0.6) is 0 Å². The monoisotopic (exact) mass is 456 g/mol. The topological polar surface area (TPSA) is 99.2 Å². The Bertz CT molecular complexity index is 1220. The first-order valence-corrected chi connectivity index (χ1v) is 11.6. The van der Waals surface area contributed by atoms with Crippen LogP contribution < -0.4 is 11.1 Å². The van der Waals surface area contributed by atoms with Gasteiger partial charge in [-0.15, -0.1) is 0 Å². The van der Waals surface area contributed by atoms with Crippen molar-refractivity contribution in [3.63, 3.8) is 0 Å². The number of nitrogens with zero attached hydrogens (tertiary/aromatic N) is 2. The molecule has 7 heteroatoms. The lowest BCUT2D eigenvalue weighted by Crippen LogP contribution is -2.39. The van der Waals surface area contributed by atoms with Gasteiger partial charge in [0.25, 0.3) is 5.91 Å². The van der Waals surface area contributed by atoms with Gasteiger partial charge in [0.15, 0.2) is 0 Å². The number of likely N-dealkylation sites (tertiary alicyclic amines) is 1. The van der Waals surface area contributed by atoms with Crippen LogP contribution in [-0.4, -0.2) is 29.3 Å². The van der Waals surface area contributed by atoms with Crippen molar-refractivity contribution in [3.05, 3.63) is 89.5 Å². The Morgan fingerprint density at radius 3 is 2.61 bits per heavy atom. The van der Waals surface area contributed by atoms with Crippen molar-refractivity contribution < 1.29 is 9.59 Å². The number of rotatable bonds is 7. The number of amides is 2. The molecule has 1 aliphatic heterocycles. The number of carbonyl (C=O) groups is 2. The van der Waals surface area contributed by atoms with E-state index < -0.39 is 0 Å². The summed E-state index contributed by atoms with van der Waals surface area (Å²) in [6.07, 6.45) is 1.74. The molecule has 1 heterocycles. The molecule has 0 radical (unpaired) electrons. The van der Waals surface area contributed by atoms with Crippen molar-refractivity contribution >= 4 is 29.3 Å². The largest absolute Gasteiger partial charge is 0.368 e. The highest BCUT2D eigenvalue weighted by Gasteiger charge is 2.28. The predicted octanol–water partition coefficient (Wildman–Crippen LogP) is 4.41. The summed E-state index contributed by atoms with van der Waals surface area (Å²) in [6.45, 7) is 1.44. The fraction of sp³-hybridized carbons (Fsp3) is 0.192. The molecule has 1 aliphatic rings. The number of carbonyl (C=O) groups excluding carboxylic acids is 2. The van der Waals surface area contributed by atoms with Gasteiger partial charge in [0.1, 0.15) is 6.07 Å². The summed E-state index contributed by atoms with van der Waals surface area (Å²) < 4.78 is 0. The van der Waals surface area contributed by atoms with Crippen LogP contribution in [0.3, 0.4) is 0 Å². The molecule has 0 aromatic heterocycles. The van der Waals surface area contributed by atoms with Crippen molar-refractivity contribution in [2.24, 2.45) is 5.73 Å². The zero-order valence-corrected chi connectivity index (χ0v) is 18.8. The summed E-state index contributed by atoms with van der Waals surface area (Å²) in [7, 11) is 0. The quantitative estimate of drug-likeness (QED) is 0.549. The van der Waals surface area contributed by atoms with E-state index in [2.05, 4.69) is 16.3 Å². The minimum Gasteiger partial charge on any atom is -0.368 e. The van der Waals surface area contributed by atoms with Gasteiger partial charge in [-0.3, -0.25) is 14.5 Å². The maximum absolute atomic E-state index is 13.1. The molecule has 2 amide bonds. The summed E-state index contributed by atoms with van der Waals surface area (Å²) >= 11 is 1.40. The molecule has 6 nitrogen and oxygen atoms in total. The van der Waals surface area contributed by atoms with Gasteiger partial charge >= 0.3 is 0 Å². The van der Waals surface area contributed by atoms with E-state index in [0.717, 1.165) is 34.7 Å². The smallest absolute Gasteiger partial charge is 0.256 e. The molecular formula is C26H24N4O2S. The van der Waals surface area contributed by atoms with E-state index in [4.69, 9.17) is 5.73 Å². The second kappa shape index (κ2) is 10.3. The van der Waals surface area contributed by atoms with E-state index in [1.165, 1.54) is 11.8 Å². The second-order valence-electron chi connectivity index (χ2n) is 7.89. The van der Waals surface area contributed by atoms with E-state index in [9.17, 15) is 14.9 Å². The third-order valence-corrected chi connectivity index (χ3v) is 6.77. The van der Waals surface area contributed by atoms with Gasteiger partial charge < -0.3 is 11.1 Å². The highest BCUT2D eigenvalue weighted by Crippen LogP contribution is 2.33. The lowest BCUT2D eigenvalue weighted by molar-refractivity contribution is -0.122. The van der Waals surface area contributed by atoms with Crippen LogP contribution in [0.15, 0.2) is 82.6 Å². The zero-order valence-electron chi connectivity index (χ0n) is 18.0. The number of benzene rings is 3. The minimum absolute atomic E-state index is 0.221. The Kier molecular flexibility index (Phi) is 7.08. The van der Waals surface area contributed by atoms with Crippen LogP contribution in [0.2, 0.25) is 0 Å². The van der Waals surface area contributed by atoms with Gasteiger partial charge in [0.2, 0.25) is 5.91 Å². The van der Waals surface area contributed by atoms with Gasteiger partial charge in [-0.25, -0.2) is 0 Å². The Morgan fingerprint density at radius 2 is 1.82 bits per heavy atom. The van der Waals surface area contributed by atoms with E-state index in [-0.39, 0.29) is 17.9 Å². The molecule has 0 saturated carbocycles. The number of nitriles is 1. The van der Waals surface area contributed by atoms with Gasteiger partial charge in [-0.2, -0.15) is 5.26 Å². The molecule has 0 bridgehead atoms. The molecule has 1 fully saturated rings. The van der Waals surface area contributed by atoms with Gasteiger partial charge in [0.05, 0.1) is 17.2 Å². The van der Waals surface area contributed by atoms with Crippen LogP contribution in [-0.2, 0) is 11.3 Å². The van der Waals surface area contributed by atoms with Crippen LogP contribution in [0.4, 0.5) is 5.69 Å². The molecule has 1 unspecified atom stereocenters. The summed E-state index contributed by atoms with van der Waals surface area (Å²) in [6, 6.07) is 24.3. The summed E-state index contributed by atoms with van der Waals surface area (Å²) in [5.41, 5.74) is 8.33. The minimum atomic E-state index is -0.288. The molecule has 33 heavy (non-hydrogen) atoms. The van der Waals surface area contributed by atoms with E-state index in [1.54, 1.807) is 12.1 Å². The molecular weight excluding hydrogens is 432 g/mol. The van der Waals surface area contributed by atoms with Gasteiger partial charge in [0, 0.05) is 22.0 Å². The summed E-state index contributed by atoms with van der Waals surface area (Å²) in [5, 5.41) is 12.4. The highest BCUT2D eigenvalue weighted by atomic mass is 32.2. The first-order valence-electron chi connectivity index (χ1n) is 10.7. The number of hydrogen-bond acceptors (Lipinski definition) is 5. The number of hydrogen-bond donors (Lipinski definition) is 2. The molecule has 0 spiro atoms. The normalized spacial score (nSPS) is 15.7. The lowest BCUT2D eigenvalue weighted by atomic mass is 10.1. The Morgan fingerprint density at radius 1 is 1.06 bits per heavy atom. The molecule has 3 aromatic carbocycles. The number of nitrogens with two attached hydrogens (primary N) is 1. The Labute approximate surface area is 197 Å². The number of anilines is 1. The van der Waals surface area contributed by atoms with Crippen LogP contribution in [0, 0.1) is 11.3 Å². The van der Waals surface area contributed by atoms with Gasteiger partial charge in [-0.1, -0.05) is 48.2 Å². The average Bonchev–Trinajstić information content (AvgIpc) is 3.28. The molecule has 166 valence electrons. The van der Waals surface area contributed by atoms with Crippen molar-refractivity contribution in [2.45, 2.75) is 35.2 Å². The molecule has 3 N–H and O–H groups in total. The van der Waals surface area contributed by atoms with Crippen LogP contribution in [0.1, 0.15) is 34.3 Å². The predicted molar refractivity (Wildman–Crippen MR) is 129 cm³/mol. The molecule has 3 aromatic rings. The zero-order chi connectivity index (χ0) is 23.2. The van der Waals surface area contributed by atoms with Crippen LogP contribution >= 0.6 is 11.8 Å². The average molecular weight is 457 g/mol. The Balaban J connectivity index is 1.50. The summed E-state index contributed by atoms with van der Waals surface area (Å²) in [5.74, 6) is -0.509. The fourth-order valence-corrected chi connectivity index (χ4v) is 5.05. The third kappa shape index (κ3) is 5.43. The first-order chi connectivity index (χ1) is 16.0. The second-order valence-corrected chi connectivity index (χ2v) is 8.98. The molecule has 1 atom stereocenters. The van der Waals surface area contributed by atoms with Crippen LogP contribution in [0.25, 0.3) is 0 Å². The SMILES string of the molecule is N#Cc1ccccc1Sc1ccccc1C(=O)Nc1cccc(CN2CCCC2C(N)=O)c1. The fourth-order valence-electron chi connectivity index (χ4n) is 4.03. The van der Waals surface area contributed by atoms with E-state index in [1.807, 2.05) is 60.7 Å². The maximum Gasteiger partial charge on any atom is 0.256 e. The molecule has 0 aliphatic carbocycles. The van der Waals surface area contributed by atoms with Crippen molar-refractivity contribution in [1.29, 1.82) is 5.26 Å².